The van der Waals surface area contributed by atoms with Gasteiger partial charge < -0.3 is 30.4 Å². The molecule has 1 aliphatic rings. The van der Waals surface area contributed by atoms with Gasteiger partial charge in [0.25, 0.3) is 0 Å². The molecule has 0 aromatic heterocycles. The first-order valence-electron chi connectivity index (χ1n) is 14.5. The molecule has 43 heavy (non-hydrogen) atoms. The molecule has 1 fully saturated rings. The van der Waals surface area contributed by atoms with E-state index < -0.39 is 41.5 Å². The summed E-state index contributed by atoms with van der Waals surface area (Å²) in [7, 11) is 0. The molecule has 0 saturated heterocycles. The van der Waals surface area contributed by atoms with Crippen LogP contribution in [-0.2, 0) is 25.6 Å². The first kappa shape index (κ1) is 37.2. The Morgan fingerprint density at radius 1 is 0.907 bits per heavy atom. The Labute approximate surface area is 254 Å². The first-order chi connectivity index (χ1) is 20.0. The number of alkyl carbamates (subject to hydrolysis) is 3. The number of carbonyl (C=O) groups is 4. The predicted octanol–water partition coefficient (Wildman–Crippen LogP) is 4.83. The molecule has 242 valence electrons. The normalized spacial score (nSPS) is 14.1. The van der Waals surface area contributed by atoms with Crippen molar-refractivity contribution < 1.29 is 38.5 Å². The molecule has 0 aliphatic heterocycles. The van der Waals surface area contributed by atoms with Gasteiger partial charge in [-0.3, -0.25) is 15.6 Å². The van der Waals surface area contributed by atoms with Gasteiger partial charge in [0.2, 0.25) is 5.96 Å². The summed E-state index contributed by atoms with van der Waals surface area (Å²) in [4.78, 5) is 51.9. The fourth-order valence-electron chi connectivity index (χ4n) is 3.70. The molecule has 0 unspecified atom stereocenters. The quantitative estimate of drug-likeness (QED) is 0.119. The van der Waals surface area contributed by atoms with Crippen LogP contribution in [-0.4, -0.2) is 65.1 Å². The molecule has 1 aromatic carbocycles. The number of rotatable bonds is 8. The number of hydrogen-bond donors (Lipinski definition) is 5. The maximum atomic E-state index is 12.1. The molecule has 2 rings (SSSR count). The molecule has 3 amide bonds. The highest BCUT2D eigenvalue weighted by molar-refractivity contribution is 6.01. The highest BCUT2D eigenvalue weighted by atomic mass is 16.6. The Morgan fingerprint density at radius 2 is 1.44 bits per heavy atom. The standard InChI is InChI=1S/C24H36N4O8.C6H13N/c1-23(2,3)35-21(32)27-19(28-22(33)36-24(4,5)6)25-14-10-13-17(18(29)30)26-20(31)34-15-16-11-8-7-9-12-16;7-6-4-2-1-3-5-6/h7-9,11-12,17H,10,13-15H2,1-6H3,(H,26,31)(H,29,30)(H2,25,27,28,32,33);6H,1-5,7H2/t17-;/m0./s1. The lowest BCUT2D eigenvalue weighted by Crippen LogP contribution is -2.47. The van der Waals surface area contributed by atoms with Crippen molar-refractivity contribution in [2.75, 3.05) is 6.54 Å². The third-order valence-electron chi connectivity index (χ3n) is 5.61. The summed E-state index contributed by atoms with van der Waals surface area (Å²) in [5.41, 5.74) is 4.83. The second kappa shape index (κ2) is 18.6. The average Bonchev–Trinajstić information content (AvgIpc) is 2.88. The van der Waals surface area contributed by atoms with Crippen molar-refractivity contribution in [1.29, 1.82) is 0 Å². The Balaban J connectivity index is 0.00000115. The van der Waals surface area contributed by atoms with Gasteiger partial charge in [-0.05, 0) is 72.8 Å². The molecular formula is C30H49N5O8. The van der Waals surface area contributed by atoms with Crippen molar-refractivity contribution >= 4 is 30.2 Å². The summed E-state index contributed by atoms with van der Waals surface area (Å²) in [6.07, 6.45) is 4.33. The van der Waals surface area contributed by atoms with Crippen molar-refractivity contribution in [2.24, 2.45) is 10.7 Å². The third-order valence-corrected chi connectivity index (χ3v) is 5.61. The second-order valence-electron chi connectivity index (χ2n) is 12.1. The van der Waals surface area contributed by atoms with Gasteiger partial charge in [0, 0.05) is 12.6 Å². The predicted molar refractivity (Wildman–Crippen MR) is 163 cm³/mol. The number of amides is 3. The van der Waals surface area contributed by atoms with Crippen LogP contribution in [0.1, 0.15) is 92.1 Å². The van der Waals surface area contributed by atoms with Gasteiger partial charge in [0.05, 0.1) is 0 Å². The number of carboxylic acids is 1. The van der Waals surface area contributed by atoms with Gasteiger partial charge in [-0.25, -0.2) is 19.2 Å². The van der Waals surface area contributed by atoms with Gasteiger partial charge in [0.15, 0.2) is 0 Å². The van der Waals surface area contributed by atoms with Gasteiger partial charge in [-0.2, -0.15) is 0 Å². The largest absolute Gasteiger partial charge is 0.480 e. The summed E-state index contributed by atoms with van der Waals surface area (Å²) in [5, 5.41) is 16.4. The number of benzene rings is 1. The van der Waals surface area contributed by atoms with Crippen molar-refractivity contribution in [3.63, 3.8) is 0 Å². The monoisotopic (exact) mass is 607 g/mol. The summed E-state index contributed by atoms with van der Waals surface area (Å²) < 4.78 is 15.4. The summed E-state index contributed by atoms with van der Waals surface area (Å²) in [6, 6.07) is 8.27. The maximum absolute atomic E-state index is 12.1. The van der Waals surface area contributed by atoms with E-state index in [9.17, 15) is 24.3 Å². The van der Waals surface area contributed by atoms with Gasteiger partial charge in [0.1, 0.15) is 23.9 Å². The zero-order chi connectivity index (χ0) is 32.5. The number of nitrogens with zero attached hydrogens (tertiary/aromatic N) is 1. The summed E-state index contributed by atoms with van der Waals surface area (Å²) in [5.74, 6) is -1.46. The molecule has 0 spiro atoms. The Bertz CT molecular complexity index is 1010. The van der Waals surface area contributed by atoms with E-state index in [-0.39, 0.29) is 32.0 Å². The molecule has 13 nitrogen and oxygen atoms in total. The number of nitrogens with two attached hydrogens (primary N) is 1. The first-order valence-corrected chi connectivity index (χ1v) is 14.5. The molecule has 0 radical (unpaired) electrons. The molecule has 1 aromatic rings. The van der Waals surface area contributed by atoms with E-state index in [2.05, 4.69) is 20.9 Å². The van der Waals surface area contributed by atoms with Crippen LogP contribution in [0.5, 0.6) is 0 Å². The average molecular weight is 608 g/mol. The van der Waals surface area contributed by atoms with Gasteiger partial charge in [-0.1, -0.05) is 49.6 Å². The topological polar surface area (TPSA) is 191 Å². The number of nitrogens with one attached hydrogen (secondary N) is 3. The van der Waals surface area contributed by atoms with Crippen LogP contribution in [0.25, 0.3) is 0 Å². The SMILES string of the molecule is CC(C)(C)OC(=O)NC(=NCCC[C@H](NC(=O)OCc1ccccc1)C(=O)O)NC(=O)OC(C)(C)C.NC1CCCCC1. The van der Waals surface area contributed by atoms with E-state index in [1.165, 1.54) is 32.1 Å². The lowest BCUT2D eigenvalue weighted by atomic mass is 9.97. The summed E-state index contributed by atoms with van der Waals surface area (Å²) in [6.45, 7) is 10.1. The van der Waals surface area contributed by atoms with Crippen molar-refractivity contribution in [3.8, 4) is 0 Å². The minimum atomic E-state index is -1.24. The van der Waals surface area contributed by atoms with E-state index in [0.29, 0.717) is 6.04 Å². The molecule has 1 saturated carbocycles. The number of carbonyl (C=O) groups excluding carboxylic acids is 3. The van der Waals surface area contributed by atoms with E-state index in [0.717, 1.165) is 5.56 Å². The molecule has 6 N–H and O–H groups in total. The van der Waals surface area contributed by atoms with Crippen LogP contribution in [0.2, 0.25) is 0 Å². The molecule has 13 heteroatoms. The fourth-order valence-corrected chi connectivity index (χ4v) is 3.70. The zero-order valence-corrected chi connectivity index (χ0v) is 26.2. The smallest absolute Gasteiger partial charge is 0.414 e. The van der Waals surface area contributed by atoms with E-state index in [4.69, 9.17) is 19.9 Å². The van der Waals surface area contributed by atoms with Crippen molar-refractivity contribution in [3.05, 3.63) is 35.9 Å². The van der Waals surface area contributed by atoms with Gasteiger partial charge >= 0.3 is 24.2 Å². The van der Waals surface area contributed by atoms with Crippen LogP contribution in [0.15, 0.2) is 35.3 Å². The molecule has 0 heterocycles. The Kier molecular flexibility index (Phi) is 16.1. The maximum Gasteiger partial charge on any atom is 0.414 e. The number of aliphatic carboxylic acids is 1. The van der Waals surface area contributed by atoms with Crippen LogP contribution >= 0.6 is 0 Å². The third kappa shape index (κ3) is 19.8. The minimum Gasteiger partial charge on any atom is -0.480 e. The van der Waals surface area contributed by atoms with Crippen molar-refractivity contribution in [1.82, 2.24) is 16.0 Å². The van der Waals surface area contributed by atoms with E-state index in [1.807, 2.05) is 6.07 Å². The highest BCUT2D eigenvalue weighted by Crippen LogP contribution is 2.15. The Hall–Kier alpha value is -3.87. The number of aliphatic imine (C=N–C) groups is 1. The van der Waals surface area contributed by atoms with E-state index in [1.54, 1.807) is 65.8 Å². The summed E-state index contributed by atoms with van der Waals surface area (Å²) >= 11 is 0. The fraction of sp³-hybridized carbons (Fsp3) is 0.633. The number of carboxylic acid groups (broad SMARTS) is 1. The molecule has 1 atom stereocenters. The van der Waals surface area contributed by atoms with Crippen LogP contribution in [0, 0.1) is 0 Å². The van der Waals surface area contributed by atoms with Crippen LogP contribution < -0.4 is 21.7 Å². The molecule has 0 bridgehead atoms. The lowest BCUT2D eigenvalue weighted by Gasteiger charge is -2.22. The van der Waals surface area contributed by atoms with Crippen LogP contribution in [0.4, 0.5) is 14.4 Å². The van der Waals surface area contributed by atoms with E-state index >= 15 is 0 Å². The molecule has 1 aliphatic carbocycles. The minimum absolute atomic E-state index is 0.000660. The highest BCUT2D eigenvalue weighted by Gasteiger charge is 2.22. The Morgan fingerprint density at radius 3 is 1.88 bits per heavy atom. The lowest BCUT2D eigenvalue weighted by molar-refractivity contribution is -0.139. The van der Waals surface area contributed by atoms with Crippen molar-refractivity contribution in [2.45, 2.75) is 116 Å². The van der Waals surface area contributed by atoms with Gasteiger partial charge in [-0.15, -0.1) is 0 Å². The van der Waals surface area contributed by atoms with Crippen LogP contribution in [0.3, 0.4) is 0 Å². The number of hydrogen-bond acceptors (Lipinski definition) is 9. The zero-order valence-electron chi connectivity index (χ0n) is 26.2. The molecular weight excluding hydrogens is 558 g/mol. The second-order valence-corrected chi connectivity index (χ2v) is 12.1. The number of ether oxygens (including phenoxy) is 3. The number of guanidine groups is 1.